The van der Waals surface area contributed by atoms with Crippen LogP contribution in [0.4, 0.5) is 0 Å². The Hall–Kier alpha value is -0.850. The molecule has 268 valence electrons. The van der Waals surface area contributed by atoms with E-state index in [0.29, 0.717) is 18.3 Å². The minimum Gasteiger partial charge on any atom is -0.457 e. The summed E-state index contributed by atoms with van der Waals surface area (Å²) < 4.78 is 24.6. The second kappa shape index (κ2) is 10.8. The molecule has 7 aliphatic rings. The molecule has 7 fully saturated rings. The molecule has 0 aromatic rings. The molecule has 7 rings (SSSR count). The van der Waals surface area contributed by atoms with Gasteiger partial charge in [-0.05, 0) is 111 Å². The molecular formula is C37H60O10. The fraction of sp³-hybridized carbons (Fsp3) is 0.973. The summed E-state index contributed by atoms with van der Waals surface area (Å²) in [6.45, 7) is 16.2. The van der Waals surface area contributed by atoms with E-state index < -0.39 is 60.6 Å². The zero-order chi connectivity index (χ0) is 34.3. The largest absolute Gasteiger partial charge is 0.457 e. The van der Waals surface area contributed by atoms with Gasteiger partial charge in [0.15, 0.2) is 12.4 Å². The van der Waals surface area contributed by atoms with E-state index in [0.717, 1.165) is 38.5 Å². The molecule has 0 unspecified atom stereocenters. The highest BCUT2D eigenvalue weighted by atomic mass is 16.7. The molecule has 2 spiro atoms. The number of aliphatic hydroxyl groups is 5. The molecule has 0 bridgehead atoms. The molecule has 0 amide bonds. The number of hydrogen-bond donors (Lipinski definition) is 5. The summed E-state index contributed by atoms with van der Waals surface area (Å²) >= 11 is 0. The molecule has 5 saturated carbocycles. The molecule has 10 heteroatoms. The molecule has 2 heterocycles. The first kappa shape index (κ1) is 34.6. The number of fused-ring (bicyclic) bond motifs is 4. The SMILES string of the molecule is CC(=O)O[C@@H]([C@@H]1C[C@@H](C)[C@H]2[C@H](O1)[C@H](O)[C@@]1(C)[C@@H]3CC[C@H]4C(C)(C)[C@@H](O[C@@H]5OC[C@@H](O)[C@H](O)[C@H]5O)CC[C@@]45C[C@@]35CC[C@]21C)C(C)(C)O. The van der Waals surface area contributed by atoms with Crippen LogP contribution in [-0.2, 0) is 23.7 Å². The Morgan fingerprint density at radius 1 is 0.936 bits per heavy atom. The molecule has 0 radical (unpaired) electrons. The molecule has 2 aliphatic heterocycles. The molecule has 0 aromatic carbocycles. The van der Waals surface area contributed by atoms with Gasteiger partial charge in [-0.15, -0.1) is 0 Å². The van der Waals surface area contributed by atoms with Gasteiger partial charge in [-0.3, -0.25) is 4.79 Å². The zero-order valence-electron chi connectivity index (χ0n) is 29.6. The van der Waals surface area contributed by atoms with Gasteiger partial charge >= 0.3 is 5.97 Å². The lowest BCUT2D eigenvalue weighted by atomic mass is 9.41. The molecule has 10 nitrogen and oxygen atoms in total. The predicted octanol–water partition coefficient (Wildman–Crippen LogP) is 3.33. The average molecular weight is 665 g/mol. The van der Waals surface area contributed by atoms with Crippen LogP contribution < -0.4 is 0 Å². The van der Waals surface area contributed by atoms with Gasteiger partial charge < -0.3 is 44.5 Å². The quantitative estimate of drug-likeness (QED) is 0.218. The number of aliphatic hydroxyl groups excluding tert-OH is 4. The highest BCUT2D eigenvalue weighted by Gasteiger charge is 2.84. The Balaban J connectivity index is 1.14. The van der Waals surface area contributed by atoms with Crippen LogP contribution >= 0.6 is 0 Å². The summed E-state index contributed by atoms with van der Waals surface area (Å²) in [6, 6.07) is 0. The third-order valence-electron chi connectivity index (χ3n) is 15.8. The summed E-state index contributed by atoms with van der Waals surface area (Å²) in [5.74, 6) is 0.717. The lowest BCUT2D eigenvalue weighted by Gasteiger charge is -2.64. The van der Waals surface area contributed by atoms with Crippen molar-refractivity contribution in [2.45, 2.75) is 167 Å². The standard InChI is InChI=1S/C37H60O10/c1-18-15-21(30(33(5,6)43)45-19(2)38)46-28-25(18)34(7)13-14-37-17-36(37)12-11-24(47-31-27(41)26(40)20(39)16-44-31)32(3,4)22(36)9-10-23(37)35(34,8)29(28)42/h18,20-31,39-43H,9-17H2,1-8H3/t18-,20-,21+,22+,23+,24+,25+,26+,27-,28+,29+,30+,31+,34-,35-,36-,37+/m1/s1. The minimum absolute atomic E-state index is 0.0683. The van der Waals surface area contributed by atoms with E-state index in [1.807, 2.05) is 0 Å². The van der Waals surface area contributed by atoms with Crippen LogP contribution in [0.25, 0.3) is 0 Å². The third kappa shape index (κ3) is 4.54. The van der Waals surface area contributed by atoms with E-state index in [4.69, 9.17) is 18.9 Å². The van der Waals surface area contributed by atoms with Crippen LogP contribution in [0.15, 0.2) is 0 Å². The van der Waals surface area contributed by atoms with Crippen molar-refractivity contribution in [2.75, 3.05) is 6.61 Å². The smallest absolute Gasteiger partial charge is 0.303 e. The zero-order valence-corrected chi connectivity index (χ0v) is 29.6. The number of carbonyl (C=O) groups excluding carboxylic acids is 1. The van der Waals surface area contributed by atoms with Crippen molar-refractivity contribution < 1.29 is 49.3 Å². The maximum absolute atomic E-state index is 12.5. The predicted molar refractivity (Wildman–Crippen MR) is 171 cm³/mol. The number of rotatable bonds is 5. The van der Waals surface area contributed by atoms with Crippen molar-refractivity contribution in [3.8, 4) is 0 Å². The summed E-state index contributed by atoms with van der Waals surface area (Å²) in [4.78, 5) is 12.1. The second-order valence-corrected chi connectivity index (χ2v) is 18.6. The summed E-state index contributed by atoms with van der Waals surface area (Å²) in [7, 11) is 0. The number of esters is 1. The fourth-order valence-corrected chi connectivity index (χ4v) is 13.7. The Kier molecular flexibility index (Phi) is 7.97. The van der Waals surface area contributed by atoms with Crippen molar-refractivity contribution in [3.05, 3.63) is 0 Å². The van der Waals surface area contributed by atoms with Gasteiger partial charge in [0, 0.05) is 12.3 Å². The van der Waals surface area contributed by atoms with Crippen molar-refractivity contribution in [3.63, 3.8) is 0 Å². The topological polar surface area (TPSA) is 155 Å². The second-order valence-electron chi connectivity index (χ2n) is 18.6. The van der Waals surface area contributed by atoms with Crippen molar-refractivity contribution in [1.29, 1.82) is 0 Å². The summed E-state index contributed by atoms with van der Waals surface area (Å²) in [5, 5.41) is 54.3. The Morgan fingerprint density at radius 3 is 2.26 bits per heavy atom. The van der Waals surface area contributed by atoms with Crippen LogP contribution in [-0.4, -0.2) is 98.8 Å². The first-order valence-corrected chi connectivity index (χ1v) is 18.3. The molecule has 2 saturated heterocycles. The molecule has 17 atom stereocenters. The van der Waals surface area contributed by atoms with Gasteiger partial charge in [0.05, 0.1) is 36.6 Å². The van der Waals surface area contributed by atoms with Crippen molar-refractivity contribution in [1.82, 2.24) is 0 Å². The Labute approximate surface area is 279 Å². The maximum atomic E-state index is 12.5. The fourth-order valence-electron chi connectivity index (χ4n) is 13.7. The highest BCUT2D eigenvalue weighted by Crippen LogP contribution is 2.89. The first-order chi connectivity index (χ1) is 21.8. The normalized spacial score (nSPS) is 55.4. The number of carbonyl (C=O) groups is 1. The van der Waals surface area contributed by atoms with E-state index in [2.05, 4.69) is 34.6 Å². The van der Waals surface area contributed by atoms with Gasteiger partial charge in [0.2, 0.25) is 0 Å². The third-order valence-corrected chi connectivity index (χ3v) is 15.8. The van der Waals surface area contributed by atoms with E-state index >= 15 is 0 Å². The van der Waals surface area contributed by atoms with Crippen LogP contribution in [0.1, 0.15) is 107 Å². The van der Waals surface area contributed by atoms with Crippen LogP contribution in [0.3, 0.4) is 0 Å². The highest BCUT2D eigenvalue weighted by molar-refractivity contribution is 5.66. The average Bonchev–Trinajstić information content (AvgIpc) is 3.61. The van der Waals surface area contributed by atoms with Crippen LogP contribution in [0.5, 0.6) is 0 Å². The first-order valence-electron chi connectivity index (χ1n) is 18.3. The van der Waals surface area contributed by atoms with Crippen LogP contribution in [0, 0.1) is 50.7 Å². The molecular weight excluding hydrogens is 604 g/mol. The molecule has 47 heavy (non-hydrogen) atoms. The molecule has 0 aromatic heterocycles. The van der Waals surface area contributed by atoms with Gasteiger partial charge in [-0.1, -0.05) is 34.6 Å². The van der Waals surface area contributed by atoms with Gasteiger partial charge in [0.1, 0.15) is 18.3 Å². The van der Waals surface area contributed by atoms with E-state index in [-0.39, 0.29) is 51.6 Å². The van der Waals surface area contributed by atoms with Gasteiger partial charge in [0.25, 0.3) is 0 Å². The number of hydrogen-bond acceptors (Lipinski definition) is 10. The van der Waals surface area contributed by atoms with Crippen molar-refractivity contribution >= 4 is 5.97 Å². The van der Waals surface area contributed by atoms with Crippen molar-refractivity contribution in [2.24, 2.45) is 50.7 Å². The summed E-state index contributed by atoms with van der Waals surface area (Å²) in [6.07, 6.45) is 0.712. The molecule has 5 aliphatic carbocycles. The van der Waals surface area contributed by atoms with Gasteiger partial charge in [-0.25, -0.2) is 0 Å². The van der Waals surface area contributed by atoms with Crippen LogP contribution in [0.2, 0.25) is 0 Å². The Bertz CT molecular complexity index is 1250. The summed E-state index contributed by atoms with van der Waals surface area (Å²) in [5.41, 5.74) is -1.61. The lowest BCUT2D eigenvalue weighted by molar-refractivity contribution is -0.303. The lowest BCUT2D eigenvalue weighted by Crippen LogP contribution is -2.61. The molecule has 5 N–H and O–H groups in total. The maximum Gasteiger partial charge on any atom is 0.303 e. The minimum atomic E-state index is -1.30. The van der Waals surface area contributed by atoms with Gasteiger partial charge in [-0.2, -0.15) is 0 Å². The van der Waals surface area contributed by atoms with E-state index in [9.17, 15) is 30.3 Å². The van der Waals surface area contributed by atoms with E-state index in [1.165, 1.54) is 13.3 Å². The van der Waals surface area contributed by atoms with E-state index in [1.54, 1.807) is 13.8 Å². The number of ether oxygens (including phenoxy) is 4. The monoisotopic (exact) mass is 664 g/mol. The Morgan fingerprint density at radius 2 is 1.60 bits per heavy atom.